The summed E-state index contributed by atoms with van der Waals surface area (Å²) >= 11 is 0. The molecule has 4 unspecified atom stereocenters. The van der Waals surface area contributed by atoms with Gasteiger partial charge in [0.25, 0.3) is 0 Å². The number of allylic oxidation sites excluding steroid dienone is 4. The minimum absolute atomic E-state index is 0.0991. The number of hydrogen-bond donors (Lipinski definition) is 2. The summed E-state index contributed by atoms with van der Waals surface area (Å²) in [6.45, 7) is 16.1. The fourth-order valence-corrected chi connectivity index (χ4v) is 11.4. The lowest BCUT2D eigenvalue weighted by atomic mass is 9.41. The summed E-state index contributed by atoms with van der Waals surface area (Å²) in [7, 11) is -4.20. The van der Waals surface area contributed by atoms with E-state index in [-0.39, 0.29) is 35.6 Å². The molecular weight excluding hydrogens is 586 g/mol. The summed E-state index contributed by atoms with van der Waals surface area (Å²) in [5.74, 6) is 2.73. The number of hydrogen-bond acceptors (Lipinski definition) is 7. The van der Waals surface area contributed by atoms with Gasteiger partial charge in [0, 0.05) is 13.1 Å². The molecule has 0 bridgehead atoms. The molecule has 0 aromatic carbocycles. The maximum absolute atomic E-state index is 12.9. The summed E-state index contributed by atoms with van der Waals surface area (Å²) in [5, 5.41) is 24.0. The van der Waals surface area contributed by atoms with Gasteiger partial charge in [-0.15, -0.1) is 0 Å². The number of rotatable bonds is 14. The summed E-state index contributed by atoms with van der Waals surface area (Å²) in [6, 6.07) is 0. The molecule has 0 aliphatic heterocycles. The van der Waals surface area contributed by atoms with E-state index in [4.69, 9.17) is 8.47 Å². The molecule has 4 fully saturated rings. The van der Waals surface area contributed by atoms with E-state index in [9.17, 15) is 18.6 Å². The molecule has 45 heavy (non-hydrogen) atoms. The Kier molecular flexibility index (Phi) is 12.6. The maximum atomic E-state index is 12.9. The second kappa shape index (κ2) is 15.5. The second-order valence-corrected chi connectivity index (χ2v) is 16.5. The highest BCUT2D eigenvalue weighted by Gasteiger charge is 2.64. The highest BCUT2D eigenvalue weighted by molar-refractivity contribution is 7.81. The van der Waals surface area contributed by atoms with Crippen LogP contribution in [0.3, 0.4) is 0 Å². The molecule has 0 spiro atoms. The van der Waals surface area contributed by atoms with Crippen molar-refractivity contribution in [1.82, 2.24) is 5.06 Å². The van der Waals surface area contributed by atoms with Gasteiger partial charge in [-0.05, 0) is 131 Å². The van der Waals surface area contributed by atoms with Crippen LogP contribution in [0.25, 0.3) is 0 Å². The summed E-state index contributed by atoms with van der Waals surface area (Å²) in [5.41, 5.74) is 1.39. The van der Waals surface area contributed by atoms with E-state index in [0.717, 1.165) is 63.4 Å². The van der Waals surface area contributed by atoms with Gasteiger partial charge < -0.3 is 10.2 Å². The van der Waals surface area contributed by atoms with E-state index in [1.54, 1.807) is 0 Å². The van der Waals surface area contributed by atoms with Crippen LogP contribution in [-0.2, 0) is 18.9 Å². The molecule has 0 amide bonds. The van der Waals surface area contributed by atoms with Gasteiger partial charge >= 0.3 is 10.4 Å². The van der Waals surface area contributed by atoms with Crippen LogP contribution in [-0.4, -0.2) is 55.6 Å². The van der Waals surface area contributed by atoms with Crippen molar-refractivity contribution in [3.63, 3.8) is 0 Å². The summed E-state index contributed by atoms with van der Waals surface area (Å²) in [4.78, 5) is 0. The van der Waals surface area contributed by atoms with Crippen molar-refractivity contribution < 1.29 is 27.1 Å². The van der Waals surface area contributed by atoms with Gasteiger partial charge in [0.15, 0.2) is 0 Å². The maximum Gasteiger partial charge on any atom is 0.416 e. The predicted octanol–water partition coefficient (Wildman–Crippen LogP) is 7.62. The molecule has 4 aliphatic carbocycles. The van der Waals surface area contributed by atoms with Gasteiger partial charge in [-0.1, -0.05) is 70.1 Å². The van der Waals surface area contributed by atoms with E-state index in [1.807, 2.05) is 51.2 Å². The number of fused-ring (bicyclic) bond motifs is 5. The third-order valence-electron chi connectivity index (χ3n) is 13.1. The van der Waals surface area contributed by atoms with Crippen LogP contribution in [0, 0.1) is 52.3 Å². The quantitative estimate of drug-likeness (QED) is 0.148. The number of aliphatic hydroxyl groups excluding tert-OH is 2. The smallest absolute Gasteiger partial charge is 0.393 e. The average molecular weight is 650 g/mol. The average Bonchev–Trinajstić information content (AvgIpc) is 3.35. The molecule has 8 heteroatoms. The van der Waals surface area contributed by atoms with Crippen molar-refractivity contribution in [3.8, 4) is 0 Å². The Bertz CT molecular complexity index is 1170. The lowest BCUT2D eigenvalue weighted by molar-refractivity contribution is -0.203. The van der Waals surface area contributed by atoms with E-state index in [1.165, 1.54) is 5.06 Å². The van der Waals surface area contributed by atoms with E-state index >= 15 is 0 Å². The van der Waals surface area contributed by atoms with Gasteiger partial charge in [0.2, 0.25) is 0 Å². The molecule has 0 saturated heterocycles. The molecule has 4 saturated carbocycles. The van der Waals surface area contributed by atoms with Gasteiger partial charge in [-0.2, -0.15) is 17.8 Å². The Morgan fingerprint density at radius 2 is 1.67 bits per heavy atom. The van der Waals surface area contributed by atoms with Crippen LogP contribution < -0.4 is 0 Å². The number of aliphatic hydroxyl groups is 2. The molecule has 0 aromatic heterocycles. The van der Waals surface area contributed by atoms with Crippen molar-refractivity contribution in [2.45, 2.75) is 125 Å². The zero-order chi connectivity index (χ0) is 33.0. The zero-order valence-electron chi connectivity index (χ0n) is 29.2. The molecule has 11 atom stereocenters. The molecule has 4 aliphatic rings. The van der Waals surface area contributed by atoms with Crippen LogP contribution in [0.15, 0.2) is 36.0 Å². The lowest BCUT2D eigenvalue weighted by Crippen LogP contribution is -2.62. The molecular formula is C37H63NO6S. The Labute approximate surface area is 274 Å². The third-order valence-corrected chi connectivity index (χ3v) is 13.9. The van der Waals surface area contributed by atoms with Crippen molar-refractivity contribution >= 4 is 10.4 Å². The molecule has 0 heterocycles. The highest BCUT2D eigenvalue weighted by Crippen LogP contribution is 2.69. The molecule has 2 N–H and O–H groups in total. The first-order valence-electron chi connectivity index (χ1n) is 17.9. The molecule has 0 aromatic rings. The standard InChI is InChI=1S/C37H63NO6S/c1-8-12-14-27(10-3)25-38(22-13-9-2)44-45(41,42)43-23-19-26(5)30-15-16-31-34-32(18-21-36(30,31)6)37(7)20-17-28(39)24-33(37)29(11-4)35(34)40/h8-10,12-13,26,28-35,39-40H,11,14-25H2,1-7H3/b12-8+,13-9+,27-10+/t26-,28-,29-,30-,31?,32?,33+,34?,35?,36-,37-/m1/s1. The summed E-state index contributed by atoms with van der Waals surface area (Å²) < 4.78 is 36.7. The fraction of sp³-hybridized carbons (Fsp3) is 0.838. The Morgan fingerprint density at radius 3 is 2.33 bits per heavy atom. The number of hydroxylamine groups is 2. The van der Waals surface area contributed by atoms with Crippen LogP contribution >= 0.6 is 0 Å². The normalized spacial score (nSPS) is 39.7. The van der Waals surface area contributed by atoms with Crippen molar-refractivity contribution in [1.29, 1.82) is 0 Å². The monoisotopic (exact) mass is 649 g/mol. The Balaban J connectivity index is 1.39. The topological polar surface area (TPSA) is 96.3 Å². The largest absolute Gasteiger partial charge is 0.416 e. The van der Waals surface area contributed by atoms with Crippen LogP contribution in [0.4, 0.5) is 0 Å². The summed E-state index contributed by atoms with van der Waals surface area (Å²) in [6.07, 6.45) is 18.9. The fourth-order valence-electron chi connectivity index (χ4n) is 10.7. The van der Waals surface area contributed by atoms with Crippen molar-refractivity contribution in [2.75, 3.05) is 19.7 Å². The minimum atomic E-state index is -4.20. The Hall–Kier alpha value is -1.03. The van der Waals surface area contributed by atoms with Gasteiger partial charge in [0.1, 0.15) is 0 Å². The second-order valence-electron chi connectivity index (χ2n) is 15.3. The van der Waals surface area contributed by atoms with Gasteiger partial charge in [0.05, 0.1) is 18.8 Å². The zero-order valence-corrected chi connectivity index (χ0v) is 30.0. The molecule has 258 valence electrons. The van der Waals surface area contributed by atoms with E-state index < -0.39 is 10.4 Å². The third kappa shape index (κ3) is 7.83. The first-order valence-corrected chi connectivity index (χ1v) is 19.2. The van der Waals surface area contributed by atoms with Gasteiger partial charge in [-0.3, -0.25) is 0 Å². The van der Waals surface area contributed by atoms with E-state index in [0.29, 0.717) is 55.0 Å². The SMILES string of the molecule is C/C=C/C/C(=C\C)CN(C/C=C/C)OS(=O)(=O)OCC[C@@H](C)[C@H]1CCC2C3C(O)[C@H](CC)[C@@H]4C[C@H](O)CC[C@]4(C)C3CC[C@@]21C. The first-order chi connectivity index (χ1) is 21.3. The van der Waals surface area contributed by atoms with Crippen LogP contribution in [0.5, 0.6) is 0 Å². The van der Waals surface area contributed by atoms with Crippen LogP contribution in [0.2, 0.25) is 0 Å². The molecule has 7 nitrogen and oxygen atoms in total. The van der Waals surface area contributed by atoms with Crippen molar-refractivity contribution in [3.05, 3.63) is 36.0 Å². The first kappa shape index (κ1) is 36.8. The number of nitrogens with zero attached hydrogens (tertiary/aromatic N) is 1. The highest BCUT2D eigenvalue weighted by atomic mass is 32.3. The lowest BCUT2D eigenvalue weighted by Gasteiger charge is -2.64. The minimum Gasteiger partial charge on any atom is -0.393 e. The molecule has 0 radical (unpaired) electrons. The van der Waals surface area contributed by atoms with Gasteiger partial charge in [-0.25, -0.2) is 4.18 Å². The predicted molar refractivity (Wildman–Crippen MR) is 181 cm³/mol. The Morgan fingerprint density at radius 1 is 0.978 bits per heavy atom. The molecule has 4 rings (SSSR count). The van der Waals surface area contributed by atoms with Crippen molar-refractivity contribution in [2.24, 2.45) is 52.3 Å². The van der Waals surface area contributed by atoms with Crippen LogP contribution in [0.1, 0.15) is 113 Å². The van der Waals surface area contributed by atoms with E-state index in [2.05, 4.69) is 27.7 Å².